The van der Waals surface area contributed by atoms with Crippen LogP contribution in [0.25, 0.3) is 16.0 Å². The molecule has 0 saturated heterocycles. The fourth-order valence-electron chi connectivity index (χ4n) is 3.82. The molecule has 0 spiro atoms. The Morgan fingerprint density at radius 3 is 2.96 bits per heavy atom. The molecule has 2 aromatic heterocycles. The third-order valence-corrected chi connectivity index (χ3v) is 6.19. The molecular formula is C18H22N4OS. The van der Waals surface area contributed by atoms with Gasteiger partial charge in [0.15, 0.2) is 4.96 Å². The fourth-order valence-corrected chi connectivity index (χ4v) is 4.80. The summed E-state index contributed by atoms with van der Waals surface area (Å²) in [7, 11) is 1.94. The average Bonchev–Trinajstić information content (AvgIpc) is 3.12. The molecule has 6 heteroatoms. The third-order valence-electron chi connectivity index (χ3n) is 5.22. The number of fused-ring (bicyclic) bond motifs is 3. The molecule has 2 heterocycles. The van der Waals surface area contributed by atoms with E-state index < -0.39 is 0 Å². The van der Waals surface area contributed by atoms with Crippen LogP contribution in [-0.4, -0.2) is 33.3 Å². The van der Waals surface area contributed by atoms with Gasteiger partial charge in [-0.15, -0.1) is 0 Å². The van der Waals surface area contributed by atoms with Gasteiger partial charge in [-0.1, -0.05) is 31.1 Å². The predicted molar refractivity (Wildman–Crippen MR) is 98.5 cm³/mol. The Morgan fingerprint density at radius 2 is 2.17 bits per heavy atom. The number of imidazole rings is 1. The molecule has 2 atom stereocenters. The van der Waals surface area contributed by atoms with Crippen LogP contribution in [0.1, 0.15) is 42.3 Å². The molecular weight excluding hydrogens is 320 g/mol. The smallest absolute Gasteiger partial charge is 0.265 e. The lowest BCUT2D eigenvalue weighted by molar-refractivity contribution is 0.0633. The van der Waals surface area contributed by atoms with Gasteiger partial charge in [-0.25, -0.2) is 4.98 Å². The van der Waals surface area contributed by atoms with Gasteiger partial charge in [0.2, 0.25) is 0 Å². The molecule has 5 nitrogen and oxygen atoms in total. The molecule has 4 rings (SSSR count). The lowest BCUT2D eigenvalue weighted by Gasteiger charge is -2.36. The van der Waals surface area contributed by atoms with Crippen LogP contribution >= 0.6 is 11.3 Å². The van der Waals surface area contributed by atoms with E-state index in [4.69, 9.17) is 5.73 Å². The zero-order valence-electron chi connectivity index (χ0n) is 14.0. The molecule has 0 bridgehead atoms. The number of hydrogen-bond donors (Lipinski definition) is 1. The van der Waals surface area contributed by atoms with Crippen LogP contribution in [0.15, 0.2) is 24.4 Å². The number of thiazole rings is 1. The summed E-state index contributed by atoms with van der Waals surface area (Å²) in [5.41, 5.74) is 8.45. The fraction of sp³-hybridized carbons (Fsp3) is 0.444. The monoisotopic (exact) mass is 342 g/mol. The minimum Gasteiger partial charge on any atom is -0.399 e. The number of benzene rings is 1. The molecule has 0 aliphatic heterocycles. The Hall–Kier alpha value is -2.08. The third kappa shape index (κ3) is 2.45. The SMILES string of the molecule is CC1CCCCC1N(C)C(=O)c1cn2c(nc3ccc(N)cc32)s1. The molecule has 1 aliphatic carbocycles. The first kappa shape index (κ1) is 15.4. The molecule has 126 valence electrons. The van der Waals surface area contributed by atoms with Gasteiger partial charge in [-0.3, -0.25) is 9.20 Å². The van der Waals surface area contributed by atoms with Crippen molar-refractivity contribution in [3.63, 3.8) is 0 Å². The summed E-state index contributed by atoms with van der Waals surface area (Å²) in [6, 6.07) is 6.02. The Bertz CT molecular complexity index is 912. The normalized spacial score (nSPS) is 21.4. The van der Waals surface area contributed by atoms with Gasteiger partial charge in [-0.2, -0.15) is 0 Å². The first-order chi connectivity index (χ1) is 11.5. The van der Waals surface area contributed by atoms with Crippen LogP contribution in [0.2, 0.25) is 0 Å². The Kier molecular flexibility index (Phi) is 3.72. The maximum atomic E-state index is 12.9. The molecule has 3 aromatic rings. The summed E-state index contributed by atoms with van der Waals surface area (Å²) in [5.74, 6) is 0.665. The Morgan fingerprint density at radius 1 is 1.38 bits per heavy atom. The standard InChI is InChI=1S/C18H22N4OS/c1-11-5-3-4-6-14(11)21(2)17(23)16-10-22-15-9-12(19)7-8-13(15)20-18(22)24-16/h7-11,14H,3-6,19H2,1-2H3. The minimum atomic E-state index is 0.0984. The van der Waals surface area contributed by atoms with Gasteiger partial charge in [0.1, 0.15) is 4.88 Å². The highest BCUT2D eigenvalue weighted by atomic mass is 32.1. The van der Waals surface area contributed by atoms with Crippen LogP contribution < -0.4 is 5.73 Å². The summed E-state index contributed by atoms with van der Waals surface area (Å²) in [5, 5.41) is 0. The highest BCUT2D eigenvalue weighted by molar-refractivity contribution is 7.18. The van der Waals surface area contributed by atoms with Gasteiger partial charge < -0.3 is 10.6 Å². The van der Waals surface area contributed by atoms with Gasteiger partial charge in [0.05, 0.1) is 11.0 Å². The largest absolute Gasteiger partial charge is 0.399 e. The number of nitrogens with two attached hydrogens (primary N) is 1. The van der Waals surface area contributed by atoms with Crippen LogP contribution in [-0.2, 0) is 0 Å². The van der Waals surface area contributed by atoms with Crippen molar-refractivity contribution in [2.24, 2.45) is 5.92 Å². The van der Waals surface area contributed by atoms with E-state index in [2.05, 4.69) is 11.9 Å². The zero-order chi connectivity index (χ0) is 16.8. The second kappa shape index (κ2) is 5.77. The molecule has 1 aliphatic rings. The molecule has 1 aromatic carbocycles. The Balaban J connectivity index is 1.68. The molecule has 0 radical (unpaired) electrons. The summed E-state index contributed by atoms with van der Waals surface area (Å²) < 4.78 is 1.97. The average molecular weight is 342 g/mol. The number of carbonyl (C=O) groups is 1. The van der Waals surface area contributed by atoms with Crippen molar-refractivity contribution < 1.29 is 4.79 Å². The first-order valence-electron chi connectivity index (χ1n) is 8.49. The van der Waals surface area contributed by atoms with E-state index in [9.17, 15) is 4.79 Å². The van der Waals surface area contributed by atoms with Crippen molar-refractivity contribution >= 4 is 38.9 Å². The molecule has 2 unspecified atom stereocenters. The lowest BCUT2D eigenvalue weighted by atomic mass is 9.85. The second-order valence-corrected chi connectivity index (χ2v) is 7.86. The highest BCUT2D eigenvalue weighted by Gasteiger charge is 2.29. The van der Waals surface area contributed by atoms with Crippen molar-refractivity contribution in [1.29, 1.82) is 0 Å². The number of anilines is 1. The molecule has 24 heavy (non-hydrogen) atoms. The molecule has 1 saturated carbocycles. The number of nitrogens with zero attached hydrogens (tertiary/aromatic N) is 3. The minimum absolute atomic E-state index is 0.0984. The zero-order valence-corrected chi connectivity index (χ0v) is 14.8. The van der Waals surface area contributed by atoms with E-state index in [1.165, 1.54) is 30.6 Å². The van der Waals surface area contributed by atoms with Gasteiger partial charge in [0, 0.05) is 25.0 Å². The van der Waals surface area contributed by atoms with Crippen LogP contribution in [0, 0.1) is 5.92 Å². The predicted octanol–water partition coefficient (Wildman–Crippen LogP) is 3.78. The maximum Gasteiger partial charge on any atom is 0.265 e. The quantitative estimate of drug-likeness (QED) is 0.721. The van der Waals surface area contributed by atoms with Crippen molar-refractivity contribution in [1.82, 2.24) is 14.3 Å². The second-order valence-electron chi connectivity index (χ2n) is 6.85. The van der Waals surface area contributed by atoms with E-state index in [0.29, 0.717) is 17.6 Å². The van der Waals surface area contributed by atoms with E-state index in [1.807, 2.05) is 40.7 Å². The summed E-state index contributed by atoms with van der Waals surface area (Å²) in [6.45, 7) is 2.26. The number of nitrogen functional groups attached to an aromatic ring is 1. The van der Waals surface area contributed by atoms with Crippen molar-refractivity contribution in [3.05, 3.63) is 29.3 Å². The van der Waals surface area contributed by atoms with Crippen LogP contribution in [0.5, 0.6) is 0 Å². The molecule has 1 amide bonds. The number of hydrogen-bond acceptors (Lipinski definition) is 4. The van der Waals surface area contributed by atoms with Crippen LogP contribution in [0.3, 0.4) is 0 Å². The maximum absolute atomic E-state index is 12.9. The number of amides is 1. The van der Waals surface area contributed by atoms with Crippen molar-refractivity contribution in [3.8, 4) is 0 Å². The van der Waals surface area contributed by atoms with Crippen molar-refractivity contribution in [2.75, 3.05) is 12.8 Å². The number of aromatic nitrogens is 2. The van der Waals surface area contributed by atoms with E-state index >= 15 is 0 Å². The van der Waals surface area contributed by atoms with Gasteiger partial charge >= 0.3 is 0 Å². The van der Waals surface area contributed by atoms with Crippen LogP contribution in [0.4, 0.5) is 5.69 Å². The summed E-state index contributed by atoms with van der Waals surface area (Å²) in [6.07, 6.45) is 6.71. The summed E-state index contributed by atoms with van der Waals surface area (Å²) in [4.78, 5) is 21.0. The number of carbonyl (C=O) groups excluding carboxylic acids is 1. The highest BCUT2D eigenvalue weighted by Crippen LogP contribution is 2.30. The Labute approximate surface area is 145 Å². The van der Waals surface area contributed by atoms with Gasteiger partial charge in [-0.05, 0) is 37.0 Å². The topological polar surface area (TPSA) is 63.6 Å². The van der Waals surface area contributed by atoms with E-state index in [-0.39, 0.29) is 5.91 Å². The van der Waals surface area contributed by atoms with Gasteiger partial charge in [0.25, 0.3) is 5.91 Å². The number of rotatable bonds is 2. The first-order valence-corrected chi connectivity index (χ1v) is 9.30. The van der Waals surface area contributed by atoms with Crippen molar-refractivity contribution in [2.45, 2.75) is 38.6 Å². The molecule has 1 fully saturated rings. The lowest BCUT2D eigenvalue weighted by Crippen LogP contribution is -2.42. The molecule has 2 N–H and O–H groups in total. The van der Waals surface area contributed by atoms with E-state index in [1.54, 1.807) is 0 Å². The van der Waals surface area contributed by atoms with E-state index in [0.717, 1.165) is 27.3 Å². The summed E-state index contributed by atoms with van der Waals surface area (Å²) >= 11 is 1.45.